The van der Waals surface area contributed by atoms with Crippen molar-refractivity contribution in [3.05, 3.63) is 26.9 Å². The molecule has 0 radical (unpaired) electrons. The Bertz CT molecular complexity index is 665. The summed E-state index contributed by atoms with van der Waals surface area (Å²) in [6, 6.07) is 4.15. The van der Waals surface area contributed by atoms with Crippen LogP contribution in [-0.4, -0.2) is 23.4 Å². The molecule has 0 bridgehead atoms. The molecule has 0 aliphatic heterocycles. The molecule has 0 spiro atoms. The number of carbonyl (C=O) groups excluding carboxylic acids is 1. The molecule has 2 aromatic heterocycles. The molecule has 3 N–H and O–H groups in total. The van der Waals surface area contributed by atoms with Gasteiger partial charge >= 0.3 is 0 Å². The highest BCUT2D eigenvalue weighted by molar-refractivity contribution is 7.16. The Balaban J connectivity index is 1.78. The molecule has 1 aliphatic carbocycles. The van der Waals surface area contributed by atoms with E-state index in [2.05, 4.69) is 9.69 Å². The fourth-order valence-electron chi connectivity index (χ4n) is 1.99. The van der Waals surface area contributed by atoms with Crippen molar-refractivity contribution in [2.24, 2.45) is 0 Å². The van der Waals surface area contributed by atoms with Crippen LogP contribution in [0.4, 0.5) is 10.8 Å². The van der Waals surface area contributed by atoms with E-state index in [4.69, 9.17) is 17.3 Å². The lowest BCUT2D eigenvalue weighted by Gasteiger charge is -2.17. The van der Waals surface area contributed by atoms with Gasteiger partial charge in [0.2, 0.25) is 0 Å². The first-order valence-corrected chi connectivity index (χ1v) is 8.52. The van der Waals surface area contributed by atoms with Crippen molar-refractivity contribution in [2.45, 2.75) is 25.4 Å². The Labute approximate surface area is 135 Å². The van der Waals surface area contributed by atoms with E-state index < -0.39 is 0 Å². The predicted molar refractivity (Wildman–Crippen MR) is 88.5 cm³/mol. The molecule has 1 amide bonds. The minimum atomic E-state index is -0.130. The van der Waals surface area contributed by atoms with Crippen molar-refractivity contribution < 1.29 is 4.79 Å². The van der Waals surface area contributed by atoms with Crippen molar-refractivity contribution in [3.63, 3.8) is 0 Å². The number of hydrogen-bond acceptors (Lipinski definition) is 6. The molecule has 3 rings (SSSR count). The molecule has 21 heavy (non-hydrogen) atoms. The summed E-state index contributed by atoms with van der Waals surface area (Å²) < 4.78 is 4.89. The summed E-state index contributed by atoms with van der Waals surface area (Å²) in [6.07, 6.45) is 2.09. The molecule has 2 heterocycles. The van der Waals surface area contributed by atoms with Gasteiger partial charge in [0.1, 0.15) is 10.6 Å². The highest BCUT2D eigenvalue weighted by Gasteiger charge is 2.28. The molecule has 0 aromatic carbocycles. The molecule has 2 aromatic rings. The van der Waals surface area contributed by atoms with Gasteiger partial charge in [0.05, 0.1) is 10.9 Å². The van der Waals surface area contributed by atoms with Crippen LogP contribution < -0.4 is 16.0 Å². The number of carbonyl (C=O) groups is 1. The van der Waals surface area contributed by atoms with Crippen molar-refractivity contribution in [3.8, 4) is 0 Å². The van der Waals surface area contributed by atoms with Crippen LogP contribution in [0.25, 0.3) is 0 Å². The second kappa shape index (κ2) is 5.82. The minimum Gasteiger partial charge on any atom is -0.382 e. The van der Waals surface area contributed by atoms with Gasteiger partial charge in [-0.15, -0.1) is 11.3 Å². The minimum absolute atomic E-state index is 0.130. The molecule has 1 aliphatic rings. The van der Waals surface area contributed by atoms with E-state index in [9.17, 15) is 4.79 Å². The van der Waals surface area contributed by atoms with Crippen LogP contribution in [0.3, 0.4) is 0 Å². The van der Waals surface area contributed by atoms with Crippen LogP contribution in [-0.2, 0) is 6.54 Å². The maximum Gasteiger partial charge on any atom is 0.258 e. The number of thiophene rings is 1. The highest BCUT2D eigenvalue weighted by atomic mass is 35.5. The number of nitrogens with one attached hydrogen (secondary N) is 1. The number of hydrogen-bond donors (Lipinski definition) is 2. The van der Waals surface area contributed by atoms with Gasteiger partial charge in [-0.3, -0.25) is 4.79 Å². The Hall–Kier alpha value is -1.31. The normalized spacial score (nSPS) is 14.2. The van der Waals surface area contributed by atoms with Crippen LogP contribution in [0.2, 0.25) is 4.34 Å². The predicted octanol–water partition coefficient (Wildman–Crippen LogP) is 2.97. The number of nitrogens with zero attached hydrogens (tertiary/aromatic N) is 2. The summed E-state index contributed by atoms with van der Waals surface area (Å²) in [5, 5.41) is 3.75. The number of nitrogen functional groups attached to an aromatic ring is 1. The van der Waals surface area contributed by atoms with Crippen molar-refractivity contribution in [1.82, 2.24) is 9.69 Å². The quantitative estimate of drug-likeness (QED) is 0.876. The van der Waals surface area contributed by atoms with Gasteiger partial charge in [0.25, 0.3) is 5.91 Å². The standard InChI is InChI=1S/C13H15ClN4OS2/c1-18(6-8-4-5-9(14)20-8)13-10(11(15)17-21-13)12(19)16-7-2-3-7/h4-5,7H,2-3,6H2,1H3,(H2,15,17)(H,16,19). The number of rotatable bonds is 5. The van der Waals surface area contributed by atoms with Gasteiger partial charge in [0, 0.05) is 18.0 Å². The zero-order valence-corrected chi connectivity index (χ0v) is 13.8. The Morgan fingerprint density at radius 3 is 2.95 bits per heavy atom. The van der Waals surface area contributed by atoms with Crippen LogP contribution in [0, 0.1) is 0 Å². The van der Waals surface area contributed by atoms with E-state index in [1.54, 1.807) is 0 Å². The molecular weight excluding hydrogens is 328 g/mol. The molecule has 112 valence electrons. The van der Waals surface area contributed by atoms with Gasteiger partial charge in [-0.1, -0.05) is 11.6 Å². The molecule has 8 heteroatoms. The lowest BCUT2D eigenvalue weighted by Crippen LogP contribution is -2.28. The number of halogens is 1. The second-order valence-corrected chi connectivity index (χ2v) is 7.61. The third-order valence-electron chi connectivity index (χ3n) is 3.21. The van der Waals surface area contributed by atoms with Gasteiger partial charge < -0.3 is 16.0 Å². The summed E-state index contributed by atoms with van der Waals surface area (Å²) in [5.74, 6) is 0.166. The SMILES string of the molecule is CN(Cc1ccc(Cl)s1)c1snc(N)c1C(=O)NC1CC1. The molecule has 0 unspecified atom stereocenters. The number of anilines is 2. The van der Waals surface area contributed by atoms with E-state index in [0.29, 0.717) is 24.0 Å². The average molecular weight is 343 g/mol. The second-order valence-electron chi connectivity index (χ2n) is 5.06. The molecule has 1 fully saturated rings. The molecular formula is C13H15ClN4OS2. The zero-order valence-electron chi connectivity index (χ0n) is 11.4. The maximum absolute atomic E-state index is 12.3. The van der Waals surface area contributed by atoms with E-state index in [-0.39, 0.29) is 5.91 Å². The van der Waals surface area contributed by atoms with E-state index in [1.165, 1.54) is 22.9 Å². The summed E-state index contributed by atoms with van der Waals surface area (Å²) in [5.41, 5.74) is 6.35. The molecule has 1 saturated carbocycles. The van der Waals surface area contributed by atoms with E-state index in [0.717, 1.165) is 27.1 Å². The third kappa shape index (κ3) is 3.30. The Morgan fingerprint density at radius 2 is 2.33 bits per heavy atom. The lowest BCUT2D eigenvalue weighted by molar-refractivity contribution is 0.0952. The third-order valence-corrected chi connectivity index (χ3v) is 5.40. The first-order chi connectivity index (χ1) is 10.0. The van der Waals surface area contributed by atoms with Crippen LogP contribution in [0.15, 0.2) is 12.1 Å². The summed E-state index contributed by atoms with van der Waals surface area (Å²) in [7, 11) is 1.93. The summed E-state index contributed by atoms with van der Waals surface area (Å²) in [6.45, 7) is 0.669. The Morgan fingerprint density at radius 1 is 1.57 bits per heavy atom. The molecule has 5 nitrogen and oxygen atoms in total. The number of amides is 1. The smallest absolute Gasteiger partial charge is 0.258 e. The number of nitrogens with two attached hydrogens (primary N) is 1. The fraction of sp³-hybridized carbons (Fsp3) is 0.385. The molecule has 0 saturated heterocycles. The van der Waals surface area contributed by atoms with Crippen molar-refractivity contribution in [1.29, 1.82) is 0 Å². The van der Waals surface area contributed by atoms with Crippen LogP contribution in [0.1, 0.15) is 28.1 Å². The largest absolute Gasteiger partial charge is 0.382 e. The first-order valence-electron chi connectivity index (χ1n) is 6.56. The van der Waals surface area contributed by atoms with Crippen molar-refractivity contribution >= 4 is 51.2 Å². The summed E-state index contributed by atoms with van der Waals surface area (Å²) in [4.78, 5) is 15.4. The van der Waals surface area contributed by atoms with Crippen LogP contribution >= 0.6 is 34.5 Å². The summed E-state index contributed by atoms with van der Waals surface area (Å²) >= 11 is 8.72. The van der Waals surface area contributed by atoms with E-state index in [1.807, 2.05) is 24.1 Å². The monoisotopic (exact) mass is 342 g/mol. The average Bonchev–Trinajstić information content (AvgIpc) is 3.01. The maximum atomic E-state index is 12.3. The van der Waals surface area contributed by atoms with Crippen molar-refractivity contribution in [2.75, 3.05) is 17.7 Å². The Kier molecular flexibility index (Phi) is 4.05. The number of aromatic nitrogens is 1. The highest BCUT2D eigenvalue weighted by Crippen LogP contribution is 2.33. The van der Waals surface area contributed by atoms with Gasteiger partial charge in [-0.2, -0.15) is 4.37 Å². The fourth-order valence-corrected chi connectivity index (χ4v) is 3.90. The van der Waals surface area contributed by atoms with Crippen LogP contribution in [0.5, 0.6) is 0 Å². The topological polar surface area (TPSA) is 71.2 Å². The molecule has 0 atom stereocenters. The van der Waals surface area contributed by atoms with E-state index >= 15 is 0 Å². The first kappa shape index (κ1) is 14.6. The van der Waals surface area contributed by atoms with Gasteiger partial charge in [0.15, 0.2) is 5.82 Å². The van der Waals surface area contributed by atoms with Gasteiger partial charge in [-0.05, 0) is 36.5 Å². The zero-order chi connectivity index (χ0) is 15.0. The van der Waals surface area contributed by atoms with Gasteiger partial charge in [-0.25, -0.2) is 0 Å². The lowest BCUT2D eigenvalue weighted by atomic mass is 10.2.